The zero-order valence-corrected chi connectivity index (χ0v) is 13.7. The Bertz CT molecular complexity index is 792. The topological polar surface area (TPSA) is 80.6 Å². The first-order chi connectivity index (χ1) is 11.8. The van der Waals surface area contributed by atoms with Crippen molar-refractivity contribution in [3.8, 4) is 6.07 Å². The first-order valence-electron chi connectivity index (χ1n) is 8.31. The second kappa shape index (κ2) is 6.10. The van der Waals surface area contributed by atoms with Gasteiger partial charge in [-0.2, -0.15) is 10.4 Å². The van der Waals surface area contributed by atoms with Crippen molar-refractivity contribution in [2.24, 2.45) is 5.92 Å². The van der Waals surface area contributed by atoms with E-state index >= 15 is 0 Å². The lowest BCUT2D eigenvalue weighted by Crippen LogP contribution is -2.34. The fourth-order valence-electron chi connectivity index (χ4n) is 3.76. The van der Waals surface area contributed by atoms with Crippen LogP contribution in [0.15, 0.2) is 42.0 Å². The summed E-state index contributed by atoms with van der Waals surface area (Å²) in [5, 5.41) is 20.7. The van der Waals surface area contributed by atoms with Crippen molar-refractivity contribution in [3.05, 3.63) is 53.1 Å². The molecule has 0 aliphatic carbocycles. The number of allylic oxidation sites excluding steroid dienone is 2. The van der Waals surface area contributed by atoms with Gasteiger partial charge in [-0.1, -0.05) is 6.07 Å². The summed E-state index contributed by atoms with van der Waals surface area (Å²) < 4.78 is 0. The molecule has 0 bridgehead atoms. The number of hydrogen-bond donors (Lipinski definition) is 2. The largest absolute Gasteiger partial charge is 0.341 e. The maximum Gasteiger partial charge on any atom is 0.156 e. The van der Waals surface area contributed by atoms with Crippen molar-refractivity contribution >= 4 is 5.82 Å². The molecule has 1 unspecified atom stereocenters. The molecule has 0 radical (unpaired) electrons. The highest BCUT2D eigenvalue weighted by molar-refractivity contribution is 5.64. The molecule has 2 aliphatic heterocycles. The van der Waals surface area contributed by atoms with Crippen molar-refractivity contribution in [3.63, 3.8) is 0 Å². The van der Waals surface area contributed by atoms with E-state index < -0.39 is 0 Å². The maximum atomic E-state index is 9.93. The number of nitrogens with zero attached hydrogens (tertiary/aromatic N) is 4. The van der Waals surface area contributed by atoms with Crippen LogP contribution in [0.4, 0.5) is 5.82 Å². The van der Waals surface area contributed by atoms with Gasteiger partial charge in [0, 0.05) is 35.8 Å². The third-order valence-corrected chi connectivity index (χ3v) is 5.08. The average molecular weight is 320 g/mol. The number of likely N-dealkylation sites (tertiary alicyclic amines) is 1. The molecule has 6 nitrogen and oxygen atoms in total. The summed E-state index contributed by atoms with van der Waals surface area (Å²) in [6.45, 7) is 2.11. The van der Waals surface area contributed by atoms with Crippen molar-refractivity contribution < 1.29 is 0 Å². The van der Waals surface area contributed by atoms with Crippen molar-refractivity contribution in [1.82, 2.24) is 20.1 Å². The number of H-pyrrole nitrogens is 1. The van der Waals surface area contributed by atoms with E-state index in [-0.39, 0.29) is 5.92 Å². The van der Waals surface area contributed by atoms with Crippen LogP contribution in [0.25, 0.3) is 0 Å². The lowest BCUT2D eigenvalue weighted by molar-refractivity contribution is 0.238. The Balaban J connectivity index is 1.80. The van der Waals surface area contributed by atoms with Crippen LogP contribution in [0.3, 0.4) is 0 Å². The number of nitrogens with one attached hydrogen (secondary N) is 2. The molecule has 0 aromatic carbocycles. The summed E-state index contributed by atoms with van der Waals surface area (Å²) in [5.41, 5.74) is 3.88. The number of rotatable bonds is 2. The van der Waals surface area contributed by atoms with E-state index in [1.807, 2.05) is 24.5 Å². The second-order valence-corrected chi connectivity index (χ2v) is 6.55. The van der Waals surface area contributed by atoms with Crippen LogP contribution in [0, 0.1) is 17.2 Å². The Morgan fingerprint density at radius 2 is 2.17 bits per heavy atom. The lowest BCUT2D eigenvalue weighted by atomic mass is 9.79. The Morgan fingerprint density at radius 1 is 1.33 bits per heavy atom. The van der Waals surface area contributed by atoms with E-state index in [1.165, 1.54) is 0 Å². The smallest absolute Gasteiger partial charge is 0.156 e. The molecule has 0 saturated carbocycles. The summed E-state index contributed by atoms with van der Waals surface area (Å²) in [6, 6.07) is 6.43. The molecule has 2 aliphatic rings. The van der Waals surface area contributed by atoms with Crippen LogP contribution in [-0.2, 0) is 0 Å². The fraction of sp³-hybridized carbons (Fsp3) is 0.389. The Labute approximate surface area is 141 Å². The molecular weight excluding hydrogens is 300 g/mol. The van der Waals surface area contributed by atoms with Crippen LogP contribution >= 0.6 is 0 Å². The average Bonchev–Trinajstić information content (AvgIpc) is 3.09. The molecule has 1 atom stereocenters. The van der Waals surface area contributed by atoms with Crippen molar-refractivity contribution in [1.29, 1.82) is 5.26 Å². The van der Waals surface area contributed by atoms with Gasteiger partial charge in [0.2, 0.25) is 0 Å². The second-order valence-electron chi connectivity index (χ2n) is 6.55. The highest BCUT2D eigenvalue weighted by Crippen LogP contribution is 2.43. The number of nitriles is 1. The monoisotopic (exact) mass is 320 g/mol. The van der Waals surface area contributed by atoms with E-state index in [1.54, 1.807) is 6.20 Å². The highest BCUT2D eigenvalue weighted by Gasteiger charge is 2.35. The summed E-state index contributed by atoms with van der Waals surface area (Å²) >= 11 is 0. The zero-order valence-electron chi connectivity index (χ0n) is 13.7. The third-order valence-electron chi connectivity index (χ3n) is 5.08. The normalized spacial score (nSPS) is 21.9. The summed E-state index contributed by atoms with van der Waals surface area (Å²) in [5.74, 6) is 1.10. The molecule has 1 saturated heterocycles. The molecule has 0 amide bonds. The van der Waals surface area contributed by atoms with Gasteiger partial charge >= 0.3 is 0 Å². The SMILES string of the molecule is CN1CCC(C2=C(C#N)C(c3cccnc3)c3c[nH]nc3N2)CC1. The number of piperidine rings is 1. The highest BCUT2D eigenvalue weighted by atomic mass is 15.2. The molecule has 6 heteroatoms. The number of fused-ring (bicyclic) bond motifs is 1. The number of hydrogen-bond acceptors (Lipinski definition) is 5. The molecule has 2 N–H and O–H groups in total. The predicted octanol–water partition coefficient (Wildman–Crippen LogP) is 2.48. The fourth-order valence-corrected chi connectivity index (χ4v) is 3.76. The van der Waals surface area contributed by atoms with E-state index in [9.17, 15) is 5.26 Å². The number of pyridine rings is 1. The first kappa shape index (κ1) is 14.9. The van der Waals surface area contributed by atoms with Crippen LogP contribution < -0.4 is 5.32 Å². The molecule has 2 aromatic rings. The van der Waals surface area contributed by atoms with Gasteiger partial charge in [-0.3, -0.25) is 10.1 Å². The quantitative estimate of drug-likeness (QED) is 0.888. The summed E-state index contributed by atoms with van der Waals surface area (Å²) in [4.78, 5) is 6.58. The van der Waals surface area contributed by atoms with Crippen LogP contribution in [0.5, 0.6) is 0 Å². The van der Waals surface area contributed by atoms with E-state index in [0.717, 1.165) is 54.1 Å². The number of anilines is 1. The van der Waals surface area contributed by atoms with Gasteiger partial charge in [0.05, 0.1) is 17.6 Å². The Kier molecular flexibility index (Phi) is 3.79. The van der Waals surface area contributed by atoms with E-state index in [0.29, 0.717) is 5.92 Å². The minimum absolute atomic E-state index is 0.103. The van der Waals surface area contributed by atoms with Gasteiger partial charge in [-0.15, -0.1) is 0 Å². The first-order valence-corrected chi connectivity index (χ1v) is 8.31. The van der Waals surface area contributed by atoms with Crippen LogP contribution in [0.1, 0.15) is 29.9 Å². The molecule has 1 fully saturated rings. The van der Waals surface area contributed by atoms with Gasteiger partial charge < -0.3 is 10.2 Å². The Hall–Kier alpha value is -2.65. The lowest BCUT2D eigenvalue weighted by Gasteiger charge is -2.34. The Morgan fingerprint density at radius 3 is 2.88 bits per heavy atom. The molecule has 4 heterocycles. The predicted molar refractivity (Wildman–Crippen MR) is 91.2 cm³/mol. The van der Waals surface area contributed by atoms with Crippen molar-refractivity contribution in [2.75, 3.05) is 25.5 Å². The van der Waals surface area contributed by atoms with Gasteiger partial charge in [0.15, 0.2) is 5.82 Å². The van der Waals surface area contributed by atoms with Gasteiger partial charge in [0.25, 0.3) is 0 Å². The van der Waals surface area contributed by atoms with Crippen LogP contribution in [0.2, 0.25) is 0 Å². The molecule has 122 valence electrons. The molecule has 4 rings (SSSR count). The van der Waals surface area contributed by atoms with E-state index in [4.69, 9.17) is 0 Å². The minimum atomic E-state index is -0.103. The summed E-state index contributed by atoms with van der Waals surface area (Å²) in [6.07, 6.45) is 7.60. The van der Waals surface area contributed by atoms with Gasteiger partial charge in [-0.05, 0) is 44.6 Å². The molecular formula is C18H20N6. The number of aromatic nitrogens is 3. The van der Waals surface area contributed by atoms with E-state index in [2.05, 4.69) is 38.5 Å². The van der Waals surface area contributed by atoms with Crippen LogP contribution in [-0.4, -0.2) is 40.2 Å². The van der Waals surface area contributed by atoms with Gasteiger partial charge in [-0.25, -0.2) is 0 Å². The summed E-state index contributed by atoms with van der Waals surface area (Å²) in [7, 11) is 2.15. The zero-order chi connectivity index (χ0) is 16.5. The molecule has 0 spiro atoms. The maximum absolute atomic E-state index is 9.93. The number of aromatic amines is 1. The molecule has 24 heavy (non-hydrogen) atoms. The molecule has 2 aromatic heterocycles. The van der Waals surface area contributed by atoms with Gasteiger partial charge in [0.1, 0.15) is 0 Å². The van der Waals surface area contributed by atoms with Crippen molar-refractivity contribution in [2.45, 2.75) is 18.8 Å². The minimum Gasteiger partial charge on any atom is -0.341 e. The third kappa shape index (κ3) is 2.47. The standard InChI is InChI=1S/C18H20N6/c1-24-7-4-12(5-8-24)17-14(9-19)16(13-3-2-6-20-10-13)15-11-21-23-18(15)22-17/h2-3,6,10-12,16H,4-5,7-8H2,1H3,(H2,21,22,23).